The van der Waals surface area contributed by atoms with Crippen molar-refractivity contribution in [3.8, 4) is 17.2 Å². The molecule has 2 aromatic rings. The lowest BCUT2D eigenvalue weighted by Gasteiger charge is -2.22. The van der Waals surface area contributed by atoms with Crippen molar-refractivity contribution in [1.82, 2.24) is 0 Å². The summed E-state index contributed by atoms with van der Waals surface area (Å²) in [6, 6.07) is 11.2. The average molecular weight is 352 g/mol. The van der Waals surface area contributed by atoms with Crippen LogP contribution in [0.3, 0.4) is 0 Å². The van der Waals surface area contributed by atoms with E-state index in [1.165, 1.54) is 50.3 Å². The summed E-state index contributed by atoms with van der Waals surface area (Å²) < 4.78 is 5.96. The lowest BCUT2D eigenvalue weighted by atomic mass is 9.90. The van der Waals surface area contributed by atoms with Gasteiger partial charge in [0.1, 0.15) is 17.2 Å². The summed E-state index contributed by atoms with van der Waals surface area (Å²) in [4.78, 5) is 12.3. The fraction of sp³-hybridized carbons (Fsp3) is 0.318. The van der Waals surface area contributed by atoms with Crippen molar-refractivity contribution in [2.24, 2.45) is 5.92 Å². The highest BCUT2D eigenvalue weighted by atomic mass is 16.5. The van der Waals surface area contributed by atoms with Gasteiger partial charge in [-0.25, -0.2) is 0 Å². The van der Waals surface area contributed by atoms with Crippen LogP contribution >= 0.6 is 0 Å². The molecular weight excluding hydrogens is 328 g/mol. The minimum atomic E-state index is -0.202. The third-order valence-electron chi connectivity index (χ3n) is 4.80. The number of rotatable bonds is 6. The van der Waals surface area contributed by atoms with E-state index in [2.05, 4.69) is 0 Å². The second-order valence-corrected chi connectivity index (χ2v) is 6.75. The SMILES string of the molecule is O=C(/C=C/c1c(O)cccc1OCC1CCCCC1)c1ccc(O)cc1. The van der Waals surface area contributed by atoms with E-state index < -0.39 is 0 Å². The Kier molecular flexibility index (Phi) is 5.95. The molecule has 3 rings (SSSR count). The highest BCUT2D eigenvalue weighted by Gasteiger charge is 2.15. The fourth-order valence-electron chi connectivity index (χ4n) is 3.27. The maximum absolute atomic E-state index is 12.3. The van der Waals surface area contributed by atoms with Crippen molar-refractivity contribution in [2.75, 3.05) is 6.61 Å². The molecule has 1 aliphatic rings. The van der Waals surface area contributed by atoms with E-state index >= 15 is 0 Å². The molecule has 0 saturated heterocycles. The van der Waals surface area contributed by atoms with Crippen LogP contribution in [0.25, 0.3) is 6.08 Å². The zero-order chi connectivity index (χ0) is 18.4. The minimum Gasteiger partial charge on any atom is -0.508 e. The first kappa shape index (κ1) is 18.1. The molecule has 4 heteroatoms. The number of hydrogen-bond acceptors (Lipinski definition) is 4. The smallest absolute Gasteiger partial charge is 0.185 e. The predicted molar refractivity (Wildman–Crippen MR) is 102 cm³/mol. The van der Waals surface area contributed by atoms with Crippen molar-refractivity contribution in [3.05, 3.63) is 59.7 Å². The molecule has 0 aliphatic heterocycles. The Labute approximate surface area is 153 Å². The van der Waals surface area contributed by atoms with Crippen LogP contribution in [0.15, 0.2) is 48.5 Å². The van der Waals surface area contributed by atoms with Gasteiger partial charge in [0, 0.05) is 5.56 Å². The van der Waals surface area contributed by atoms with Gasteiger partial charge >= 0.3 is 0 Å². The van der Waals surface area contributed by atoms with Crippen LogP contribution in [0.5, 0.6) is 17.2 Å². The van der Waals surface area contributed by atoms with Crippen LogP contribution in [0.2, 0.25) is 0 Å². The molecule has 26 heavy (non-hydrogen) atoms. The second-order valence-electron chi connectivity index (χ2n) is 6.75. The molecule has 4 nitrogen and oxygen atoms in total. The Morgan fingerprint density at radius 3 is 2.50 bits per heavy atom. The monoisotopic (exact) mass is 352 g/mol. The molecule has 0 bridgehead atoms. The van der Waals surface area contributed by atoms with Gasteiger partial charge in [-0.05, 0) is 67.3 Å². The van der Waals surface area contributed by atoms with Crippen molar-refractivity contribution in [1.29, 1.82) is 0 Å². The van der Waals surface area contributed by atoms with Crippen molar-refractivity contribution >= 4 is 11.9 Å². The number of benzene rings is 2. The lowest BCUT2D eigenvalue weighted by molar-refractivity contribution is 0.104. The summed E-state index contributed by atoms with van der Waals surface area (Å²) in [5.41, 5.74) is 0.981. The summed E-state index contributed by atoms with van der Waals surface area (Å²) >= 11 is 0. The summed E-state index contributed by atoms with van der Waals surface area (Å²) in [5.74, 6) is 1.14. The van der Waals surface area contributed by atoms with E-state index in [4.69, 9.17) is 4.74 Å². The molecule has 2 aromatic carbocycles. The summed E-state index contributed by atoms with van der Waals surface area (Å²) in [7, 11) is 0. The van der Waals surface area contributed by atoms with Gasteiger partial charge in [-0.15, -0.1) is 0 Å². The van der Waals surface area contributed by atoms with Gasteiger partial charge in [-0.2, -0.15) is 0 Å². The molecule has 0 radical (unpaired) electrons. The van der Waals surface area contributed by atoms with Crippen LogP contribution in [0.4, 0.5) is 0 Å². The van der Waals surface area contributed by atoms with Crippen LogP contribution in [-0.2, 0) is 0 Å². The number of allylic oxidation sites excluding steroid dienone is 1. The highest BCUT2D eigenvalue weighted by molar-refractivity contribution is 6.07. The Hall–Kier alpha value is -2.75. The summed E-state index contributed by atoms with van der Waals surface area (Å²) in [6.45, 7) is 0.635. The lowest BCUT2D eigenvalue weighted by Crippen LogP contribution is -2.15. The number of ether oxygens (including phenoxy) is 1. The Balaban J connectivity index is 1.71. The van der Waals surface area contributed by atoms with Crippen molar-refractivity contribution < 1.29 is 19.7 Å². The molecule has 1 saturated carbocycles. The zero-order valence-electron chi connectivity index (χ0n) is 14.7. The normalized spacial score (nSPS) is 15.2. The maximum atomic E-state index is 12.3. The highest BCUT2D eigenvalue weighted by Crippen LogP contribution is 2.31. The molecule has 2 N–H and O–H groups in total. The van der Waals surface area contributed by atoms with E-state index in [9.17, 15) is 15.0 Å². The molecule has 1 fully saturated rings. The van der Waals surface area contributed by atoms with E-state index in [1.807, 2.05) is 6.07 Å². The molecule has 0 aromatic heterocycles. The van der Waals surface area contributed by atoms with E-state index in [-0.39, 0.29) is 17.3 Å². The third-order valence-corrected chi connectivity index (χ3v) is 4.80. The first-order valence-electron chi connectivity index (χ1n) is 9.09. The number of hydrogen-bond donors (Lipinski definition) is 2. The quantitative estimate of drug-likeness (QED) is 0.570. The Bertz CT molecular complexity index is 771. The number of phenols is 2. The van der Waals surface area contributed by atoms with Gasteiger partial charge in [0.2, 0.25) is 0 Å². The Morgan fingerprint density at radius 2 is 1.77 bits per heavy atom. The molecule has 0 spiro atoms. The molecule has 0 unspecified atom stereocenters. The molecule has 0 atom stereocenters. The minimum absolute atomic E-state index is 0.0842. The van der Waals surface area contributed by atoms with Gasteiger partial charge < -0.3 is 14.9 Å². The first-order valence-corrected chi connectivity index (χ1v) is 9.09. The summed E-state index contributed by atoms with van der Waals surface area (Å²) in [5, 5.41) is 19.5. The van der Waals surface area contributed by atoms with Crippen molar-refractivity contribution in [2.45, 2.75) is 32.1 Å². The molecule has 0 amide bonds. The van der Waals surface area contributed by atoms with Gasteiger partial charge in [-0.3, -0.25) is 4.79 Å². The second kappa shape index (κ2) is 8.56. The number of aromatic hydroxyl groups is 2. The number of carbonyl (C=O) groups is 1. The zero-order valence-corrected chi connectivity index (χ0v) is 14.7. The largest absolute Gasteiger partial charge is 0.508 e. The number of ketones is 1. The summed E-state index contributed by atoms with van der Waals surface area (Å²) in [6.07, 6.45) is 9.17. The van der Waals surface area contributed by atoms with Crippen molar-refractivity contribution in [3.63, 3.8) is 0 Å². The molecular formula is C22H24O4. The van der Waals surface area contributed by atoms with Crippen LogP contribution in [0, 0.1) is 5.92 Å². The Morgan fingerprint density at radius 1 is 1.04 bits per heavy atom. The first-order chi connectivity index (χ1) is 12.6. The average Bonchev–Trinajstić information content (AvgIpc) is 2.67. The van der Waals surface area contributed by atoms with Crippen LogP contribution in [0.1, 0.15) is 48.0 Å². The predicted octanol–water partition coefficient (Wildman–Crippen LogP) is 4.95. The van der Waals surface area contributed by atoms with Crippen LogP contribution < -0.4 is 4.74 Å². The molecule has 1 aliphatic carbocycles. The van der Waals surface area contributed by atoms with Crippen LogP contribution in [-0.4, -0.2) is 22.6 Å². The van der Waals surface area contributed by atoms with E-state index in [1.54, 1.807) is 30.3 Å². The number of carbonyl (C=O) groups excluding carboxylic acids is 1. The molecule has 0 heterocycles. The fourth-order valence-corrected chi connectivity index (χ4v) is 3.27. The number of phenolic OH excluding ortho intramolecular Hbond substituents is 2. The van der Waals surface area contributed by atoms with Gasteiger partial charge in [0.05, 0.1) is 12.2 Å². The van der Waals surface area contributed by atoms with Gasteiger partial charge in [-0.1, -0.05) is 25.3 Å². The van der Waals surface area contributed by atoms with Gasteiger partial charge in [0.15, 0.2) is 5.78 Å². The maximum Gasteiger partial charge on any atom is 0.185 e. The van der Waals surface area contributed by atoms with E-state index in [0.29, 0.717) is 29.4 Å². The standard InChI is InChI=1S/C22H24O4/c23-18-11-9-17(10-12-18)20(24)14-13-19-21(25)7-4-8-22(19)26-15-16-5-2-1-3-6-16/h4,7-14,16,23,25H,1-3,5-6,15H2/b14-13+. The topological polar surface area (TPSA) is 66.8 Å². The van der Waals surface area contributed by atoms with Gasteiger partial charge in [0.25, 0.3) is 0 Å². The van der Waals surface area contributed by atoms with E-state index in [0.717, 1.165) is 0 Å². The molecule has 136 valence electrons. The third kappa shape index (κ3) is 4.66.